The second-order valence-electron chi connectivity index (χ2n) is 4.34. The fourth-order valence-corrected chi connectivity index (χ4v) is 2.51. The van der Waals surface area contributed by atoms with Crippen molar-refractivity contribution in [2.45, 2.75) is 13.5 Å². The second-order valence-corrected chi connectivity index (χ2v) is 5.13. The number of furan rings is 1. The number of benzene rings is 1. The molecule has 0 saturated heterocycles. The molecule has 0 aliphatic heterocycles. The van der Waals surface area contributed by atoms with Gasteiger partial charge in [-0.25, -0.2) is 4.98 Å². The largest absolute Gasteiger partial charge is 0.467 e. The Labute approximate surface area is 119 Å². The zero-order valence-electron chi connectivity index (χ0n) is 10.5. The molecule has 19 heavy (non-hydrogen) atoms. The van der Waals surface area contributed by atoms with Crippen LogP contribution in [0.4, 0.5) is 5.82 Å². The number of hydrogen-bond acceptors (Lipinski definition) is 3. The summed E-state index contributed by atoms with van der Waals surface area (Å²) in [5.74, 6) is 1.78. The van der Waals surface area contributed by atoms with Crippen molar-refractivity contribution < 1.29 is 4.42 Å². The van der Waals surface area contributed by atoms with Crippen LogP contribution in [-0.4, -0.2) is 4.98 Å². The van der Waals surface area contributed by atoms with Crippen LogP contribution in [0.15, 0.2) is 51.6 Å². The predicted molar refractivity (Wildman–Crippen MR) is 80.2 cm³/mol. The Morgan fingerprint density at radius 3 is 2.68 bits per heavy atom. The minimum atomic E-state index is 0.630. The van der Waals surface area contributed by atoms with Crippen LogP contribution in [0.25, 0.3) is 10.8 Å². The van der Waals surface area contributed by atoms with E-state index in [-0.39, 0.29) is 0 Å². The van der Waals surface area contributed by atoms with Gasteiger partial charge in [0.05, 0.1) is 18.5 Å². The molecule has 3 rings (SSSR count). The molecule has 0 bridgehead atoms. The number of hydrogen-bond donors (Lipinski definition) is 1. The number of rotatable bonds is 3. The SMILES string of the molecule is Cc1nc(NCc2ccco2)c2ccccc2c1Br. The maximum absolute atomic E-state index is 5.32. The van der Waals surface area contributed by atoms with E-state index in [0.29, 0.717) is 6.54 Å². The van der Waals surface area contributed by atoms with E-state index in [2.05, 4.69) is 38.4 Å². The number of anilines is 1. The van der Waals surface area contributed by atoms with Crippen LogP contribution >= 0.6 is 15.9 Å². The maximum atomic E-state index is 5.32. The van der Waals surface area contributed by atoms with Crippen molar-refractivity contribution in [3.8, 4) is 0 Å². The molecule has 0 spiro atoms. The summed E-state index contributed by atoms with van der Waals surface area (Å²) in [4.78, 5) is 4.60. The van der Waals surface area contributed by atoms with Crippen LogP contribution in [0.2, 0.25) is 0 Å². The molecular formula is C15H13BrN2O. The molecule has 0 radical (unpaired) electrons. The molecule has 0 aliphatic rings. The van der Waals surface area contributed by atoms with Gasteiger partial charge in [0, 0.05) is 15.2 Å². The van der Waals surface area contributed by atoms with Crippen molar-refractivity contribution in [2.75, 3.05) is 5.32 Å². The fourth-order valence-electron chi connectivity index (χ4n) is 2.07. The summed E-state index contributed by atoms with van der Waals surface area (Å²) in [6.07, 6.45) is 1.68. The third-order valence-corrected chi connectivity index (χ3v) is 4.03. The molecule has 1 aromatic carbocycles. The highest BCUT2D eigenvalue weighted by Gasteiger charge is 2.09. The van der Waals surface area contributed by atoms with Crippen LogP contribution in [0.3, 0.4) is 0 Å². The maximum Gasteiger partial charge on any atom is 0.134 e. The highest BCUT2D eigenvalue weighted by molar-refractivity contribution is 9.10. The number of aromatic nitrogens is 1. The number of fused-ring (bicyclic) bond motifs is 1. The van der Waals surface area contributed by atoms with Gasteiger partial charge in [-0.15, -0.1) is 0 Å². The molecule has 0 amide bonds. The number of halogens is 1. The average molecular weight is 317 g/mol. The van der Waals surface area contributed by atoms with E-state index < -0.39 is 0 Å². The first-order chi connectivity index (χ1) is 9.25. The summed E-state index contributed by atoms with van der Waals surface area (Å²) in [6, 6.07) is 12.0. The number of pyridine rings is 1. The predicted octanol–water partition coefficient (Wildman–Crippen LogP) is 4.51. The topological polar surface area (TPSA) is 38.1 Å². The number of nitrogens with one attached hydrogen (secondary N) is 1. The zero-order valence-corrected chi connectivity index (χ0v) is 12.1. The molecule has 1 N–H and O–H groups in total. The van der Waals surface area contributed by atoms with Gasteiger partial charge >= 0.3 is 0 Å². The Bertz CT molecular complexity index is 707. The van der Waals surface area contributed by atoms with E-state index in [1.54, 1.807) is 6.26 Å². The lowest BCUT2D eigenvalue weighted by molar-refractivity contribution is 0.518. The van der Waals surface area contributed by atoms with Crippen molar-refractivity contribution in [2.24, 2.45) is 0 Å². The van der Waals surface area contributed by atoms with Gasteiger partial charge in [0.2, 0.25) is 0 Å². The molecule has 0 unspecified atom stereocenters. The smallest absolute Gasteiger partial charge is 0.134 e. The van der Waals surface area contributed by atoms with E-state index in [9.17, 15) is 0 Å². The van der Waals surface area contributed by atoms with Gasteiger partial charge in [0.15, 0.2) is 0 Å². The summed E-state index contributed by atoms with van der Waals surface area (Å²) in [5, 5.41) is 5.60. The molecular weight excluding hydrogens is 304 g/mol. The summed E-state index contributed by atoms with van der Waals surface area (Å²) in [6.45, 7) is 2.62. The quantitative estimate of drug-likeness (QED) is 0.772. The lowest BCUT2D eigenvalue weighted by Gasteiger charge is -2.11. The molecule has 3 aromatic rings. The molecule has 4 heteroatoms. The van der Waals surface area contributed by atoms with E-state index in [0.717, 1.165) is 32.5 Å². The van der Waals surface area contributed by atoms with Crippen LogP contribution in [0, 0.1) is 6.92 Å². The van der Waals surface area contributed by atoms with Crippen LogP contribution < -0.4 is 5.32 Å². The Hall–Kier alpha value is -1.81. The summed E-state index contributed by atoms with van der Waals surface area (Å²) >= 11 is 3.60. The Morgan fingerprint density at radius 1 is 1.16 bits per heavy atom. The third-order valence-electron chi connectivity index (χ3n) is 3.03. The monoisotopic (exact) mass is 316 g/mol. The minimum absolute atomic E-state index is 0.630. The van der Waals surface area contributed by atoms with Gasteiger partial charge in [-0.3, -0.25) is 0 Å². The van der Waals surface area contributed by atoms with Crippen molar-refractivity contribution in [1.29, 1.82) is 0 Å². The van der Waals surface area contributed by atoms with Gasteiger partial charge < -0.3 is 9.73 Å². The molecule has 0 saturated carbocycles. The average Bonchev–Trinajstić information content (AvgIpc) is 2.95. The molecule has 96 valence electrons. The molecule has 0 atom stereocenters. The number of nitrogens with zero attached hydrogens (tertiary/aromatic N) is 1. The second kappa shape index (κ2) is 5.05. The van der Waals surface area contributed by atoms with Crippen LogP contribution in [0.1, 0.15) is 11.5 Å². The van der Waals surface area contributed by atoms with Gasteiger partial charge in [0.1, 0.15) is 11.6 Å². The van der Waals surface area contributed by atoms with Crippen LogP contribution in [-0.2, 0) is 6.54 Å². The number of aryl methyl sites for hydroxylation is 1. The van der Waals surface area contributed by atoms with E-state index in [1.807, 2.05) is 31.2 Å². The van der Waals surface area contributed by atoms with Gasteiger partial charge in [0.25, 0.3) is 0 Å². The lowest BCUT2D eigenvalue weighted by atomic mass is 10.1. The fraction of sp³-hybridized carbons (Fsp3) is 0.133. The molecule has 3 nitrogen and oxygen atoms in total. The highest BCUT2D eigenvalue weighted by Crippen LogP contribution is 2.30. The van der Waals surface area contributed by atoms with E-state index in [4.69, 9.17) is 4.42 Å². The standard InChI is InChI=1S/C15H13BrN2O/c1-10-14(16)12-6-2-3-7-13(12)15(18-10)17-9-11-5-4-8-19-11/h2-8H,9H2,1H3,(H,17,18). The lowest BCUT2D eigenvalue weighted by Crippen LogP contribution is -2.02. The first kappa shape index (κ1) is 12.2. The third kappa shape index (κ3) is 2.36. The molecule has 2 aromatic heterocycles. The Morgan fingerprint density at radius 2 is 1.95 bits per heavy atom. The van der Waals surface area contributed by atoms with Crippen molar-refractivity contribution in [3.63, 3.8) is 0 Å². The summed E-state index contributed by atoms with van der Waals surface area (Å²) < 4.78 is 6.37. The first-order valence-corrected chi connectivity index (χ1v) is 6.86. The highest BCUT2D eigenvalue weighted by atomic mass is 79.9. The van der Waals surface area contributed by atoms with Gasteiger partial charge in [-0.05, 0) is 35.0 Å². The van der Waals surface area contributed by atoms with Crippen molar-refractivity contribution in [3.05, 3.63) is 58.6 Å². The molecule has 0 fully saturated rings. The minimum Gasteiger partial charge on any atom is -0.467 e. The zero-order chi connectivity index (χ0) is 13.2. The van der Waals surface area contributed by atoms with Gasteiger partial charge in [-0.2, -0.15) is 0 Å². The summed E-state index contributed by atoms with van der Waals surface area (Å²) in [5.41, 5.74) is 0.973. The Kier molecular flexibility index (Phi) is 3.25. The van der Waals surface area contributed by atoms with Crippen molar-refractivity contribution in [1.82, 2.24) is 4.98 Å². The van der Waals surface area contributed by atoms with E-state index >= 15 is 0 Å². The molecule has 2 heterocycles. The van der Waals surface area contributed by atoms with Crippen molar-refractivity contribution >= 4 is 32.5 Å². The Balaban J connectivity index is 2.01. The van der Waals surface area contributed by atoms with E-state index in [1.165, 1.54) is 0 Å². The first-order valence-electron chi connectivity index (χ1n) is 6.07. The van der Waals surface area contributed by atoms with Crippen LogP contribution in [0.5, 0.6) is 0 Å². The summed E-state index contributed by atoms with van der Waals surface area (Å²) in [7, 11) is 0. The molecule has 0 aliphatic carbocycles. The van der Waals surface area contributed by atoms with Gasteiger partial charge in [-0.1, -0.05) is 24.3 Å². The normalized spacial score (nSPS) is 10.8.